The van der Waals surface area contributed by atoms with E-state index in [1.54, 1.807) is 25.7 Å². The second-order valence-electron chi connectivity index (χ2n) is 12.4. The van der Waals surface area contributed by atoms with Crippen LogP contribution in [0.1, 0.15) is 122 Å². The second-order valence-corrected chi connectivity index (χ2v) is 12.4. The molecule has 0 aromatic heterocycles. The number of allylic oxidation sites excluding steroid dienone is 3. The van der Waals surface area contributed by atoms with Gasteiger partial charge in [-0.2, -0.15) is 0 Å². The van der Waals surface area contributed by atoms with Crippen LogP contribution in [0.25, 0.3) is 0 Å². The summed E-state index contributed by atoms with van der Waals surface area (Å²) in [6.07, 6.45) is 33.9. The molecule has 0 bridgehead atoms. The average Bonchev–Trinajstić information content (AvgIpc) is 2.88. The van der Waals surface area contributed by atoms with Crippen LogP contribution in [0.3, 0.4) is 0 Å². The largest absolute Gasteiger partial charge is 0.379 e. The summed E-state index contributed by atoms with van der Waals surface area (Å²) in [7, 11) is 0. The summed E-state index contributed by atoms with van der Waals surface area (Å²) >= 11 is 0. The van der Waals surface area contributed by atoms with Crippen molar-refractivity contribution in [2.24, 2.45) is 41.4 Å². The van der Waals surface area contributed by atoms with Gasteiger partial charge in [-0.1, -0.05) is 31.1 Å². The summed E-state index contributed by atoms with van der Waals surface area (Å²) in [5, 5.41) is 0. The Balaban J connectivity index is 1.07. The molecule has 0 radical (unpaired) electrons. The minimum atomic E-state index is 0.544. The molecule has 0 unspecified atom stereocenters. The maximum atomic E-state index is 5.80. The van der Waals surface area contributed by atoms with Crippen LogP contribution in [0, 0.1) is 41.4 Å². The van der Waals surface area contributed by atoms with Gasteiger partial charge in [-0.15, -0.1) is 6.58 Å². The first-order chi connectivity index (χ1) is 16.2. The van der Waals surface area contributed by atoms with Crippen LogP contribution >= 0.6 is 0 Å². The third kappa shape index (κ3) is 7.71. The van der Waals surface area contributed by atoms with E-state index in [0.29, 0.717) is 6.10 Å². The Hall–Kier alpha value is -0.560. The van der Waals surface area contributed by atoms with Crippen molar-refractivity contribution in [1.29, 1.82) is 0 Å². The van der Waals surface area contributed by atoms with Crippen LogP contribution < -0.4 is 0 Å². The summed E-state index contributed by atoms with van der Waals surface area (Å²) in [6, 6.07) is 0. The predicted molar refractivity (Wildman–Crippen MR) is 142 cm³/mol. The molecule has 33 heavy (non-hydrogen) atoms. The monoisotopic (exact) mass is 454 g/mol. The lowest BCUT2D eigenvalue weighted by molar-refractivity contribution is 0.0302. The van der Waals surface area contributed by atoms with Gasteiger partial charge in [0.25, 0.3) is 0 Å². The summed E-state index contributed by atoms with van der Waals surface area (Å²) < 4.78 is 5.80. The van der Waals surface area contributed by atoms with Gasteiger partial charge in [0.15, 0.2) is 0 Å². The van der Waals surface area contributed by atoms with E-state index in [-0.39, 0.29) is 0 Å². The molecule has 1 heteroatoms. The van der Waals surface area contributed by atoms with Gasteiger partial charge in [0, 0.05) is 6.61 Å². The third-order valence-electron chi connectivity index (χ3n) is 10.5. The van der Waals surface area contributed by atoms with Crippen molar-refractivity contribution in [1.82, 2.24) is 0 Å². The number of hydrogen-bond acceptors (Lipinski definition) is 1. The highest BCUT2D eigenvalue weighted by Crippen LogP contribution is 2.46. The van der Waals surface area contributed by atoms with Crippen LogP contribution in [0.15, 0.2) is 24.8 Å². The highest BCUT2D eigenvalue weighted by Gasteiger charge is 2.34. The summed E-state index contributed by atoms with van der Waals surface area (Å²) in [6.45, 7) is 7.04. The van der Waals surface area contributed by atoms with Crippen molar-refractivity contribution in [2.45, 2.75) is 129 Å². The van der Waals surface area contributed by atoms with E-state index in [9.17, 15) is 0 Å². The van der Waals surface area contributed by atoms with Crippen LogP contribution in [0.4, 0.5) is 0 Å². The molecule has 0 amide bonds. The van der Waals surface area contributed by atoms with Gasteiger partial charge < -0.3 is 4.74 Å². The molecule has 0 aromatic carbocycles. The van der Waals surface area contributed by atoms with Crippen LogP contribution in [-0.2, 0) is 4.74 Å². The first-order valence-electron chi connectivity index (χ1n) is 15.2. The molecule has 1 nitrogen and oxygen atoms in total. The number of ether oxygens (including phenoxy) is 1. The van der Waals surface area contributed by atoms with Gasteiger partial charge in [-0.05, 0) is 151 Å². The highest BCUT2D eigenvalue weighted by atomic mass is 16.5. The molecule has 0 spiro atoms. The zero-order valence-corrected chi connectivity index (χ0v) is 21.9. The fraction of sp³-hybridized carbons (Fsp3) is 0.875. The minimum absolute atomic E-state index is 0.544. The average molecular weight is 455 g/mol. The Morgan fingerprint density at radius 3 is 1.64 bits per heavy atom. The van der Waals surface area contributed by atoms with Crippen molar-refractivity contribution in [3.63, 3.8) is 0 Å². The first-order valence-corrected chi connectivity index (χ1v) is 15.2. The molecule has 0 N–H and O–H groups in total. The Bertz CT molecular complexity index is 561. The molecule has 4 aliphatic rings. The normalized spacial score (nSPS) is 40.6. The smallest absolute Gasteiger partial charge is 0.0575 e. The predicted octanol–water partition coefficient (Wildman–Crippen LogP) is 9.52. The van der Waals surface area contributed by atoms with E-state index in [4.69, 9.17) is 4.74 Å². The summed E-state index contributed by atoms with van der Waals surface area (Å²) in [5.41, 5.74) is 0. The molecule has 4 fully saturated rings. The van der Waals surface area contributed by atoms with Crippen LogP contribution in [-0.4, -0.2) is 12.7 Å². The Kier molecular flexibility index (Phi) is 10.5. The van der Waals surface area contributed by atoms with Crippen molar-refractivity contribution < 1.29 is 4.74 Å². The number of hydrogen-bond donors (Lipinski definition) is 0. The lowest BCUT2D eigenvalue weighted by Crippen LogP contribution is -2.29. The SMILES string of the molecule is C=CC1CCC(C2CCC(C3CCC(CC/C=C/C4CCC(OCC)CC4)CC3)CC2)CC1. The molecular formula is C32H54O. The summed E-state index contributed by atoms with van der Waals surface area (Å²) in [4.78, 5) is 0. The lowest BCUT2D eigenvalue weighted by atomic mass is 9.65. The van der Waals surface area contributed by atoms with Crippen molar-refractivity contribution in [3.8, 4) is 0 Å². The Morgan fingerprint density at radius 2 is 1.12 bits per heavy atom. The number of rotatable bonds is 9. The van der Waals surface area contributed by atoms with E-state index in [0.717, 1.165) is 48.0 Å². The second kappa shape index (κ2) is 13.5. The zero-order valence-electron chi connectivity index (χ0n) is 21.9. The standard InChI is InChI=1S/C32H54O/c1-3-25-9-15-28(16-10-25)30-19-21-31(22-20-30)29-17-11-26(12-18-29)7-5-6-8-27-13-23-32(24-14-27)33-4-2/h3,6,8,25-32H,1,4-5,7,9-24H2,2H3/b8-6+. The molecule has 188 valence electrons. The fourth-order valence-electron chi connectivity index (χ4n) is 8.19. The minimum Gasteiger partial charge on any atom is -0.379 e. The van der Waals surface area contributed by atoms with E-state index in [2.05, 4.69) is 31.7 Å². The van der Waals surface area contributed by atoms with E-state index in [1.165, 1.54) is 89.9 Å². The first kappa shape index (κ1) is 25.5. The summed E-state index contributed by atoms with van der Waals surface area (Å²) in [5.74, 6) is 6.90. The van der Waals surface area contributed by atoms with Crippen molar-refractivity contribution >= 4 is 0 Å². The lowest BCUT2D eigenvalue weighted by Gasteiger charge is -2.41. The van der Waals surface area contributed by atoms with E-state index in [1.807, 2.05) is 0 Å². The van der Waals surface area contributed by atoms with E-state index < -0.39 is 0 Å². The molecule has 0 atom stereocenters. The van der Waals surface area contributed by atoms with Crippen LogP contribution in [0.2, 0.25) is 0 Å². The van der Waals surface area contributed by atoms with Gasteiger partial charge in [-0.25, -0.2) is 0 Å². The van der Waals surface area contributed by atoms with Gasteiger partial charge in [0.2, 0.25) is 0 Å². The Morgan fingerprint density at radius 1 is 0.636 bits per heavy atom. The molecule has 0 aromatic rings. The molecule has 0 heterocycles. The van der Waals surface area contributed by atoms with Crippen molar-refractivity contribution in [2.75, 3.05) is 6.61 Å². The van der Waals surface area contributed by atoms with Crippen molar-refractivity contribution in [3.05, 3.63) is 24.8 Å². The molecule has 4 rings (SSSR count). The zero-order chi connectivity index (χ0) is 22.9. The maximum Gasteiger partial charge on any atom is 0.0575 e. The molecule has 4 saturated carbocycles. The maximum absolute atomic E-state index is 5.80. The molecule has 0 aliphatic heterocycles. The third-order valence-corrected chi connectivity index (χ3v) is 10.5. The molecular weight excluding hydrogens is 400 g/mol. The van der Waals surface area contributed by atoms with Gasteiger partial charge >= 0.3 is 0 Å². The van der Waals surface area contributed by atoms with E-state index >= 15 is 0 Å². The molecule has 4 aliphatic carbocycles. The Labute approximate surface area is 206 Å². The topological polar surface area (TPSA) is 9.23 Å². The van der Waals surface area contributed by atoms with Crippen LogP contribution in [0.5, 0.6) is 0 Å². The van der Waals surface area contributed by atoms with Gasteiger partial charge in [0.05, 0.1) is 6.10 Å². The highest BCUT2D eigenvalue weighted by molar-refractivity contribution is 4.92. The fourth-order valence-corrected chi connectivity index (χ4v) is 8.19. The molecule has 0 saturated heterocycles. The van der Waals surface area contributed by atoms with Gasteiger partial charge in [0.1, 0.15) is 0 Å². The quantitative estimate of drug-likeness (QED) is 0.315. The van der Waals surface area contributed by atoms with Gasteiger partial charge in [-0.3, -0.25) is 0 Å².